The summed E-state index contributed by atoms with van der Waals surface area (Å²) in [5.41, 5.74) is 1.52. The second kappa shape index (κ2) is 7.61. The first-order valence-electron chi connectivity index (χ1n) is 6.64. The molecule has 1 unspecified atom stereocenters. The summed E-state index contributed by atoms with van der Waals surface area (Å²) < 4.78 is 0. The first-order valence-corrected chi connectivity index (χ1v) is 8.85. The fraction of sp³-hybridized carbons (Fsp3) is 0.429. The molecule has 1 aliphatic heterocycles. The Kier molecular flexibility index (Phi) is 5.81. The van der Waals surface area contributed by atoms with Crippen LogP contribution in [0.3, 0.4) is 0 Å². The third-order valence-electron chi connectivity index (χ3n) is 3.11. The van der Waals surface area contributed by atoms with E-state index in [4.69, 9.17) is 5.11 Å². The van der Waals surface area contributed by atoms with Crippen LogP contribution in [0.4, 0.5) is 10.5 Å². The second-order valence-electron chi connectivity index (χ2n) is 4.74. The molecule has 3 N–H and O–H groups in total. The Balaban J connectivity index is 1.89. The maximum atomic E-state index is 11.9. The number of carbonyl (C=O) groups is 2. The van der Waals surface area contributed by atoms with Gasteiger partial charge in [-0.25, -0.2) is 9.59 Å². The lowest BCUT2D eigenvalue weighted by Crippen LogP contribution is -2.36. The molecule has 1 atom stereocenters. The Hall–Kier alpha value is -1.34. The molecule has 7 heteroatoms. The maximum Gasteiger partial charge on any atom is 0.335 e. The molecule has 0 aliphatic carbocycles. The van der Waals surface area contributed by atoms with Gasteiger partial charge in [0, 0.05) is 34.7 Å². The van der Waals surface area contributed by atoms with Crippen LogP contribution in [0.2, 0.25) is 0 Å². The lowest BCUT2D eigenvalue weighted by atomic mass is 10.1. The minimum atomic E-state index is -1.01. The molecule has 1 aromatic carbocycles. The number of carboxylic acids is 1. The number of rotatable bonds is 4. The van der Waals surface area contributed by atoms with E-state index in [1.807, 2.05) is 30.4 Å². The zero-order valence-corrected chi connectivity index (χ0v) is 13.4. The molecule has 5 nitrogen and oxygen atoms in total. The highest BCUT2D eigenvalue weighted by molar-refractivity contribution is 8.06. The molecule has 0 aromatic heterocycles. The smallest absolute Gasteiger partial charge is 0.335 e. The van der Waals surface area contributed by atoms with Crippen molar-refractivity contribution in [2.45, 2.75) is 12.2 Å². The molecular formula is C14H18N2O3S2. The highest BCUT2D eigenvalue weighted by atomic mass is 32.2. The third kappa shape index (κ3) is 4.86. The van der Waals surface area contributed by atoms with Gasteiger partial charge in [-0.15, -0.1) is 0 Å². The summed E-state index contributed by atoms with van der Waals surface area (Å²) in [6.07, 6.45) is 0. The molecule has 114 valence electrons. The van der Waals surface area contributed by atoms with E-state index in [0.29, 0.717) is 17.5 Å². The van der Waals surface area contributed by atoms with Crippen molar-refractivity contribution < 1.29 is 14.7 Å². The van der Waals surface area contributed by atoms with Crippen LogP contribution < -0.4 is 10.6 Å². The molecule has 0 radical (unpaired) electrons. The first-order chi connectivity index (χ1) is 10.1. The van der Waals surface area contributed by atoms with Crippen LogP contribution >= 0.6 is 23.5 Å². The lowest BCUT2D eigenvalue weighted by Gasteiger charge is -2.21. The van der Waals surface area contributed by atoms with Gasteiger partial charge in [0.15, 0.2) is 0 Å². The zero-order valence-electron chi connectivity index (χ0n) is 11.7. The fourth-order valence-corrected chi connectivity index (χ4v) is 4.53. The third-order valence-corrected chi connectivity index (χ3v) is 5.95. The number of hydrogen-bond donors (Lipinski definition) is 3. The van der Waals surface area contributed by atoms with E-state index >= 15 is 0 Å². The van der Waals surface area contributed by atoms with E-state index in [1.54, 1.807) is 6.07 Å². The summed E-state index contributed by atoms with van der Waals surface area (Å²) in [6.45, 7) is 2.45. The van der Waals surface area contributed by atoms with Crippen LogP contribution in [0, 0.1) is 6.92 Å². The van der Waals surface area contributed by atoms with Crippen molar-refractivity contribution >= 4 is 41.2 Å². The standard InChI is InChI=1S/C14H18N2O3S2/c1-9-2-3-10(13(17)18)6-12(9)16-14(19)15-7-11-8-20-4-5-21-11/h2-3,6,11H,4-5,7-8H2,1H3,(H,17,18)(H2,15,16,19). The van der Waals surface area contributed by atoms with Gasteiger partial charge < -0.3 is 15.7 Å². The van der Waals surface area contributed by atoms with E-state index in [0.717, 1.165) is 17.1 Å². The Bertz CT molecular complexity index is 531. The van der Waals surface area contributed by atoms with Gasteiger partial charge in [-0.05, 0) is 24.6 Å². The SMILES string of the molecule is Cc1ccc(C(=O)O)cc1NC(=O)NCC1CSCCS1. The summed E-state index contributed by atoms with van der Waals surface area (Å²) >= 11 is 3.79. The van der Waals surface area contributed by atoms with E-state index in [-0.39, 0.29) is 11.6 Å². The van der Waals surface area contributed by atoms with Gasteiger partial charge in [-0.1, -0.05) is 6.07 Å². The number of benzene rings is 1. The molecule has 2 rings (SSSR count). The Labute approximate surface area is 132 Å². The zero-order chi connectivity index (χ0) is 15.2. The van der Waals surface area contributed by atoms with Crippen LogP contribution in [0.1, 0.15) is 15.9 Å². The number of aromatic carboxylic acids is 1. The molecule has 0 bridgehead atoms. The van der Waals surface area contributed by atoms with Crippen LogP contribution in [0.15, 0.2) is 18.2 Å². The van der Waals surface area contributed by atoms with E-state index in [9.17, 15) is 9.59 Å². The van der Waals surface area contributed by atoms with Crippen LogP contribution in [-0.4, -0.2) is 46.2 Å². The summed E-state index contributed by atoms with van der Waals surface area (Å²) in [5.74, 6) is 2.35. The fourth-order valence-electron chi connectivity index (χ4n) is 1.92. The molecule has 0 saturated carbocycles. The van der Waals surface area contributed by atoms with E-state index in [2.05, 4.69) is 10.6 Å². The van der Waals surface area contributed by atoms with Gasteiger partial charge in [-0.2, -0.15) is 23.5 Å². The van der Waals surface area contributed by atoms with Gasteiger partial charge in [0.2, 0.25) is 0 Å². The topological polar surface area (TPSA) is 78.4 Å². The average molecular weight is 326 g/mol. The minimum absolute atomic E-state index is 0.162. The average Bonchev–Trinajstić information content (AvgIpc) is 2.48. The Morgan fingerprint density at radius 3 is 2.86 bits per heavy atom. The molecule has 1 fully saturated rings. The molecule has 1 saturated heterocycles. The molecule has 0 spiro atoms. The lowest BCUT2D eigenvalue weighted by molar-refractivity contribution is 0.0697. The van der Waals surface area contributed by atoms with E-state index < -0.39 is 5.97 Å². The highest BCUT2D eigenvalue weighted by Crippen LogP contribution is 2.23. The minimum Gasteiger partial charge on any atom is -0.478 e. The number of nitrogens with one attached hydrogen (secondary N) is 2. The summed E-state index contributed by atoms with van der Waals surface area (Å²) in [4.78, 5) is 22.9. The molecule has 1 aromatic rings. The van der Waals surface area contributed by atoms with Crippen molar-refractivity contribution in [2.24, 2.45) is 0 Å². The number of thioether (sulfide) groups is 2. The molecule has 1 heterocycles. The number of urea groups is 1. The highest BCUT2D eigenvalue weighted by Gasteiger charge is 2.15. The number of anilines is 1. The van der Waals surface area contributed by atoms with Gasteiger partial charge in [-0.3, -0.25) is 0 Å². The van der Waals surface area contributed by atoms with Crippen LogP contribution in [0.25, 0.3) is 0 Å². The molecule has 2 amide bonds. The maximum absolute atomic E-state index is 11.9. The number of carboxylic acid groups (broad SMARTS) is 1. The monoisotopic (exact) mass is 326 g/mol. The van der Waals surface area contributed by atoms with Crippen LogP contribution in [-0.2, 0) is 0 Å². The van der Waals surface area contributed by atoms with Gasteiger partial charge in [0.1, 0.15) is 0 Å². The van der Waals surface area contributed by atoms with Crippen LogP contribution in [0.5, 0.6) is 0 Å². The van der Waals surface area contributed by atoms with Crippen molar-refractivity contribution in [3.8, 4) is 0 Å². The quantitative estimate of drug-likeness (QED) is 0.793. The van der Waals surface area contributed by atoms with Crippen molar-refractivity contribution in [3.63, 3.8) is 0 Å². The Morgan fingerprint density at radius 1 is 1.38 bits per heavy atom. The van der Waals surface area contributed by atoms with Crippen molar-refractivity contribution in [3.05, 3.63) is 29.3 Å². The second-order valence-corrected chi connectivity index (χ2v) is 7.30. The summed E-state index contributed by atoms with van der Waals surface area (Å²) in [5, 5.41) is 15.0. The summed E-state index contributed by atoms with van der Waals surface area (Å²) in [6, 6.07) is 4.39. The summed E-state index contributed by atoms with van der Waals surface area (Å²) in [7, 11) is 0. The number of aryl methyl sites for hydroxylation is 1. The van der Waals surface area contributed by atoms with Crippen molar-refractivity contribution in [2.75, 3.05) is 29.1 Å². The normalized spacial score (nSPS) is 18.0. The number of carbonyl (C=O) groups excluding carboxylic acids is 1. The molecule has 1 aliphatic rings. The molecular weight excluding hydrogens is 308 g/mol. The predicted octanol–water partition coefficient (Wildman–Crippen LogP) is 2.66. The number of amides is 2. The van der Waals surface area contributed by atoms with Gasteiger partial charge in [0.05, 0.1) is 5.56 Å². The number of hydrogen-bond acceptors (Lipinski definition) is 4. The van der Waals surface area contributed by atoms with E-state index in [1.165, 1.54) is 17.9 Å². The van der Waals surface area contributed by atoms with Gasteiger partial charge >= 0.3 is 12.0 Å². The largest absolute Gasteiger partial charge is 0.478 e. The van der Waals surface area contributed by atoms with Gasteiger partial charge in [0.25, 0.3) is 0 Å². The van der Waals surface area contributed by atoms with Crippen molar-refractivity contribution in [1.29, 1.82) is 0 Å². The Morgan fingerprint density at radius 2 is 2.19 bits per heavy atom. The van der Waals surface area contributed by atoms with Crippen molar-refractivity contribution in [1.82, 2.24) is 5.32 Å². The first kappa shape index (κ1) is 16.0. The predicted molar refractivity (Wildman–Crippen MR) is 88.7 cm³/mol. The molecule has 21 heavy (non-hydrogen) atoms.